The Kier molecular flexibility index (Phi) is 6.48. The lowest BCUT2D eigenvalue weighted by Crippen LogP contribution is -2.58. The molecule has 29 heavy (non-hydrogen) atoms. The highest BCUT2D eigenvalue weighted by Gasteiger charge is 2.43. The third kappa shape index (κ3) is 5.27. The molecular formula is C20H27F3N4O2. The zero-order valence-corrected chi connectivity index (χ0v) is 16.1. The van der Waals surface area contributed by atoms with E-state index >= 15 is 0 Å². The summed E-state index contributed by atoms with van der Waals surface area (Å²) in [5, 5.41) is 8.80. The molecule has 2 aliphatic rings. The van der Waals surface area contributed by atoms with Crippen LogP contribution in [-0.4, -0.2) is 43.0 Å². The number of alkyl halides is 3. The molecule has 1 aliphatic carbocycles. The highest BCUT2D eigenvalue weighted by atomic mass is 19.4. The summed E-state index contributed by atoms with van der Waals surface area (Å²) in [7, 11) is 0. The van der Waals surface area contributed by atoms with Crippen molar-refractivity contribution in [3.05, 3.63) is 35.4 Å². The summed E-state index contributed by atoms with van der Waals surface area (Å²) in [5.41, 5.74) is 4.59. The Morgan fingerprint density at radius 3 is 2.55 bits per heavy atom. The number of rotatable bonds is 5. The molecule has 1 aromatic rings. The molecule has 1 aliphatic heterocycles. The van der Waals surface area contributed by atoms with E-state index in [0.29, 0.717) is 12.5 Å². The smallest absolute Gasteiger partial charge is 0.348 e. The predicted octanol–water partition coefficient (Wildman–Crippen LogP) is 1.80. The summed E-state index contributed by atoms with van der Waals surface area (Å²) in [6.45, 7) is 1.18. The zero-order valence-electron chi connectivity index (χ0n) is 16.1. The Morgan fingerprint density at radius 1 is 1.21 bits per heavy atom. The molecule has 1 heterocycles. The van der Waals surface area contributed by atoms with Crippen LogP contribution in [0.25, 0.3) is 0 Å². The standard InChI is InChI=1S/C20H27F3N4O2/c21-20(22,23)15-3-1-2-13(10-15)18(29)26-11-17(28)27-19(8-9-25-12-19)14-4-6-16(24)7-5-14/h1-3,10,14,16,25H,4-9,11-12,24H2,(H,26,29)(H,27,28)/t14?,16?,19-/m0/s1. The number of nitrogens with two attached hydrogens (primary N) is 1. The Bertz CT molecular complexity index is 739. The highest BCUT2D eigenvalue weighted by Crippen LogP contribution is 2.36. The van der Waals surface area contributed by atoms with Crippen molar-refractivity contribution in [1.82, 2.24) is 16.0 Å². The van der Waals surface area contributed by atoms with Crippen molar-refractivity contribution in [2.24, 2.45) is 11.7 Å². The first kappa shape index (κ1) is 21.6. The van der Waals surface area contributed by atoms with E-state index in [4.69, 9.17) is 5.73 Å². The van der Waals surface area contributed by atoms with E-state index in [1.807, 2.05) is 0 Å². The molecular weight excluding hydrogens is 385 g/mol. The van der Waals surface area contributed by atoms with Gasteiger partial charge in [-0.25, -0.2) is 0 Å². The first-order valence-corrected chi connectivity index (χ1v) is 9.92. The van der Waals surface area contributed by atoms with Gasteiger partial charge in [0, 0.05) is 18.2 Å². The van der Waals surface area contributed by atoms with Crippen molar-refractivity contribution in [1.29, 1.82) is 0 Å². The molecule has 1 saturated heterocycles. The van der Waals surface area contributed by atoms with Crippen molar-refractivity contribution < 1.29 is 22.8 Å². The summed E-state index contributed by atoms with van der Waals surface area (Å²) in [6.07, 6.45) is 0.0147. The molecule has 0 spiro atoms. The number of hydrogen-bond donors (Lipinski definition) is 4. The molecule has 0 aromatic heterocycles. The molecule has 9 heteroatoms. The quantitative estimate of drug-likeness (QED) is 0.593. The van der Waals surface area contributed by atoms with Crippen LogP contribution in [0, 0.1) is 5.92 Å². The summed E-state index contributed by atoms with van der Waals surface area (Å²) in [4.78, 5) is 24.7. The van der Waals surface area contributed by atoms with Crippen LogP contribution in [0.4, 0.5) is 13.2 Å². The summed E-state index contributed by atoms with van der Waals surface area (Å²) >= 11 is 0. The average molecular weight is 412 g/mol. The van der Waals surface area contributed by atoms with Gasteiger partial charge in [0.25, 0.3) is 5.91 Å². The maximum Gasteiger partial charge on any atom is 0.416 e. The topological polar surface area (TPSA) is 96.2 Å². The van der Waals surface area contributed by atoms with Gasteiger partial charge in [-0.3, -0.25) is 9.59 Å². The number of halogens is 3. The molecule has 1 atom stereocenters. The molecule has 2 amide bonds. The van der Waals surface area contributed by atoms with Crippen molar-refractivity contribution in [2.45, 2.75) is 49.9 Å². The molecule has 5 N–H and O–H groups in total. The van der Waals surface area contributed by atoms with Crippen molar-refractivity contribution in [3.8, 4) is 0 Å². The second-order valence-electron chi connectivity index (χ2n) is 8.00. The fourth-order valence-corrected chi connectivity index (χ4v) is 4.36. The summed E-state index contributed by atoms with van der Waals surface area (Å²) in [5.74, 6) is -0.738. The SMILES string of the molecule is NC1CCC([C@]2(NC(=O)CNC(=O)c3cccc(C(F)(F)F)c3)CCNC2)CC1. The maximum absolute atomic E-state index is 12.8. The highest BCUT2D eigenvalue weighted by molar-refractivity contribution is 5.96. The van der Waals surface area contributed by atoms with Crippen LogP contribution in [0.2, 0.25) is 0 Å². The van der Waals surface area contributed by atoms with Gasteiger partial charge < -0.3 is 21.7 Å². The van der Waals surface area contributed by atoms with Gasteiger partial charge in [0.1, 0.15) is 0 Å². The van der Waals surface area contributed by atoms with Gasteiger partial charge in [0.05, 0.1) is 17.6 Å². The Hall–Kier alpha value is -2.13. The molecule has 0 bridgehead atoms. The van der Waals surface area contributed by atoms with E-state index in [9.17, 15) is 22.8 Å². The molecule has 1 saturated carbocycles. The third-order valence-electron chi connectivity index (χ3n) is 5.99. The first-order chi connectivity index (χ1) is 13.7. The maximum atomic E-state index is 12.8. The lowest BCUT2D eigenvalue weighted by atomic mass is 9.73. The molecule has 160 valence electrons. The number of nitrogens with one attached hydrogen (secondary N) is 3. The van der Waals surface area contributed by atoms with E-state index < -0.39 is 17.6 Å². The van der Waals surface area contributed by atoms with Gasteiger partial charge in [0.2, 0.25) is 5.91 Å². The number of amides is 2. The third-order valence-corrected chi connectivity index (χ3v) is 5.99. The minimum absolute atomic E-state index is 0.133. The van der Waals surface area contributed by atoms with Crippen LogP contribution in [0.1, 0.15) is 48.0 Å². The van der Waals surface area contributed by atoms with Gasteiger partial charge in [-0.2, -0.15) is 13.2 Å². The second-order valence-corrected chi connectivity index (χ2v) is 8.00. The number of carbonyl (C=O) groups excluding carboxylic acids is 2. The lowest BCUT2D eigenvalue weighted by Gasteiger charge is -2.41. The fourth-order valence-electron chi connectivity index (χ4n) is 4.36. The van der Waals surface area contributed by atoms with E-state index in [-0.39, 0.29) is 29.6 Å². The van der Waals surface area contributed by atoms with Crippen molar-refractivity contribution in [2.75, 3.05) is 19.6 Å². The summed E-state index contributed by atoms with van der Waals surface area (Å²) < 4.78 is 38.4. The number of carbonyl (C=O) groups is 2. The minimum atomic E-state index is -4.53. The van der Waals surface area contributed by atoms with Gasteiger partial charge in [-0.1, -0.05) is 6.07 Å². The Labute approximate surface area is 167 Å². The largest absolute Gasteiger partial charge is 0.416 e. The van der Waals surface area contributed by atoms with Crippen LogP contribution in [0.3, 0.4) is 0 Å². The van der Waals surface area contributed by atoms with Crippen LogP contribution in [0.15, 0.2) is 24.3 Å². The van der Waals surface area contributed by atoms with E-state index in [2.05, 4.69) is 16.0 Å². The van der Waals surface area contributed by atoms with Gasteiger partial charge >= 0.3 is 6.18 Å². The molecule has 6 nitrogen and oxygen atoms in total. The average Bonchev–Trinajstić information content (AvgIpc) is 3.15. The van der Waals surface area contributed by atoms with E-state index in [1.54, 1.807) is 0 Å². The monoisotopic (exact) mass is 412 g/mol. The molecule has 1 aromatic carbocycles. The fraction of sp³-hybridized carbons (Fsp3) is 0.600. The van der Waals surface area contributed by atoms with Gasteiger partial charge in [-0.15, -0.1) is 0 Å². The van der Waals surface area contributed by atoms with Crippen LogP contribution >= 0.6 is 0 Å². The van der Waals surface area contributed by atoms with Crippen molar-refractivity contribution >= 4 is 11.8 Å². The van der Waals surface area contributed by atoms with Crippen LogP contribution < -0.4 is 21.7 Å². The molecule has 2 fully saturated rings. The summed E-state index contributed by atoms with van der Waals surface area (Å²) in [6, 6.07) is 4.35. The normalized spacial score (nSPS) is 27.4. The lowest BCUT2D eigenvalue weighted by molar-refractivity contribution is -0.137. The van der Waals surface area contributed by atoms with Crippen molar-refractivity contribution in [3.63, 3.8) is 0 Å². The Balaban J connectivity index is 1.58. The number of hydrogen-bond acceptors (Lipinski definition) is 4. The van der Waals surface area contributed by atoms with Crippen LogP contribution in [0.5, 0.6) is 0 Å². The molecule has 3 rings (SSSR count). The van der Waals surface area contributed by atoms with E-state index in [0.717, 1.165) is 50.8 Å². The Morgan fingerprint density at radius 2 is 1.93 bits per heavy atom. The molecule has 0 unspecified atom stereocenters. The predicted molar refractivity (Wildman–Crippen MR) is 102 cm³/mol. The first-order valence-electron chi connectivity index (χ1n) is 9.92. The van der Waals surface area contributed by atoms with Gasteiger partial charge in [-0.05, 0) is 62.8 Å². The minimum Gasteiger partial charge on any atom is -0.348 e. The number of benzene rings is 1. The second kappa shape index (κ2) is 8.71. The zero-order chi connectivity index (χ0) is 21.1. The molecule has 0 radical (unpaired) electrons. The van der Waals surface area contributed by atoms with Gasteiger partial charge in [0.15, 0.2) is 0 Å². The van der Waals surface area contributed by atoms with E-state index in [1.165, 1.54) is 12.1 Å². The van der Waals surface area contributed by atoms with Crippen LogP contribution in [-0.2, 0) is 11.0 Å².